The van der Waals surface area contributed by atoms with Gasteiger partial charge in [-0.1, -0.05) is 13.8 Å². The predicted octanol–water partition coefficient (Wildman–Crippen LogP) is 2.32. The molecule has 2 rings (SSSR count). The first-order chi connectivity index (χ1) is 12.5. The molecular weight excluding hydrogens is 389 g/mol. The molecule has 1 fully saturated rings. The summed E-state index contributed by atoms with van der Waals surface area (Å²) < 4.78 is 66.1. The van der Waals surface area contributed by atoms with E-state index < -0.39 is 32.6 Å². The summed E-state index contributed by atoms with van der Waals surface area (Å²) in [6, 6.07) is 2.37. The summed E-state index contributed by atoms with van der Waals surface area (Å²) in [5.74, 6) is 0. The van der Waals surface area contributed by atoms with Gasteiger partial charge in [-0.3, -0.25) is 10.1 Å². The molecule has 12 heteroatoms. The van der Waals surface area contributed by atoms with Gasteiger partial charge in [0.15, 0.2) is 0 Å². The number of nitrogens with zero attached hydrogens (tertiary/aromatic N) is 4. The maximum atomic E-state index is 12.8. The molecule has 0 radical (unpaired) electrons. The van der Waals surface area contributed by atoms with Crippen molar-refractivity contribution in [3.05, 3.63) is 33.9 Å². The number of anilines is 1. The van der Waals surface area contributed by atoms with Crippen LogP contribution in [0.4, 0.5) is 24.5 Å². The molecule has 1 saturated heterocycles. The van der Waals surface area contributed by atoms with Crippen LogP contribution in [-0.2, 0) is 16.4 Å². The van der Waals surface area contributed by atoms with Gasteiger partial charge in [-0.05, 0) is 12.1 Å². The van der Waals surface area contributed by atoms with E-state index in [2.05, 4.69) is 0 Å². The number of hydrogen-bond acceptors (Lipinski definition) is 5. The smallest absolute Gasteiger partial charge is 0.363 e. The van der Waals surface area contributed by atoms with E-state index >= 15 is 0 Å². The topological polar surface area (TPSA) is 87.0 Å². The zero-order chi connectivity index (χ0) is 20.4. The van der Waals surface area contributed by atoms with Gasteiger partial charge < -0.3 is 4.90 Å². The van der Waals surface area contributed by atoms with Crippen molar-refractivity contribution in [1.82, 2.24) is 8.61 Å². The third-order valence-electron chi connectivity index (χ3n) is 4.44. The number of piperazine rings is 1. The van der Waals surface area contributed by atoms with Crippen LogP contribution in [0.25, 0.3) is 0 Å². The molecule has 0 aromatic heterocycles. The van der Waals surface area contributed by atoms with Crippen LogP contribution < -0.4 is 4.90 Å². The van der Waals surface area contributed by atoms with Gasteiger partial charge in [-0.2, -0.15) is 30.2 Å². The number of hydrogen-bond donors (Lipinski definition) is 0. The molecule has 0 spiro atoms. The zero-order valence-corrected chi connectivity index (χ0v) is 15.8. The number of halogens is 3. The van der Waals surface area contributed by atoms with Crippen LogP contribution >= 0.6 is 0 Å². The lowest BCUT2D eigenvalue weighted by molar-refractivity contribution is -0.384. The molecule has 8 nitrogen and oxygen atoms in total. The highest BCUT2D eigenvalue weighted by Crippen LogP contribution is 2.36. The Kier molecular flexibility index (Phi) is 6.32. The van der Waals surface area contributed by atoms with Gasteiger partial charge in [0.1, 0.15) is 5.69 Å². The van der Waals surface area contributed by atoms with Crippen LogP contribution in [0.2, 0.25) is 0 Å². The Labute approximate surface area is 155 Å². The molecule has 0 saturated carbocycles. The summed E-state index contributed by atoms with van der Waals surface area (Å²) in [6.07, 6.45) is -4.68. The van der Waals surface area contributed by atoms with Crippen molar-refractivity contribution in [2.45, 2.75) is 20.0 Å². The lowest BCUT2D eigenvalue weighted by atomic mass is 10.1. The van der Waals surface area contributed by atoms with E-state index in [9.17, 15) is 31.7 Å². The van der Waals surface area contributed by atoms with Crippen LogP contribution in [0, 0.1) is 10.1 Å². The van der Waals surface area contributed by atoms with E-state index in [0.29, 0.717) is 19.2 Å². The van der Waals surface area contributed by atoms with E-state index in [4.69, 9.17) is 0 Å². The zero-order valence-electron chi connectivity index (χ0n) is 14.9. The number of rotatable bonds is 6. The Balaban J connectivity index is 2.22. The Morgan fingerprint density at radius 2 is 1.70 bits per heavy atom. The fraction of sp³-hybridized carbons (Fsp3) is 0.600. The summed E-state index contributed by atoms with van der Waals surface area (Å²) in [7, 11) is -3.63. The SMILES string of the molecule is CCN(CC)S(=O)(=O)N1CCN(c2ccc(C(F)(F)F)cc2[N+](=O)[O-])CC1. The van der Waals surface area contributed by atoms with Gasteiger partial charge in [-0.15, -0.1) is 0 Å². The quantitative estimate of drug-likeness (QED) is 0.531. The molecule has 0 atom stereocenters. The van der Waals surface area contributed by atoms with Gasteiger partial charge in [-0.25, -0.2) is 0 Å². The third-order valence-corrected chi connectivity index (χ3v) is 6.62. The lowest BCUT2D eigenvalue weighted by Gasteiger charge is -2.37. The second-order valence-electron chi connectivity index (χ2n) is 5.94. The van der Waals surface area contributed by atoms with Crippen molar-refractivity contribution in [2.24, 2.45) is 0 Å². The first kappa shape index (κ1) is 21.4. The van der Waals surface area contributed by atoms with E-state index in [0.717, 1.165) is 12.1 Å². The van der Waals surface area contributed by atoms with Crippen molar-refractivity contribution in [3.8, 4) is 0 Å². The lowest BCUT2D eigenvalue weighted by Crippen LogP contribution is -2.53. The summed E-state index contributed by atoms with van der Waals surface area (Å²) in [6.45, 7) is 4.58. The monoisotopic (exact) mass is 410 g/mol. The number of nitro groups is 1. The van der Waals surface area contributed by atoms with Crippen molar-refractivity contribution in [1.29, 1.82) is 0 Å². The second kappa shape index (κ2) is 7.98. The Morgan fingerprint density at radius 1 is 1.15 bits per heavy atom. The molecule has 1 heterocycles. The number of alkyl halides is 3. The van der Waals surface area contributed by atoms with Crippen LogP contribution in [-0.4, -0.2) is 61.2 Å². The molecular formula is C15H21F3N4O4S. The standard InChI is InChI=1S/C15H21F3N4O4S/c1-3-20(4-2)27(25,26)21-9-7-19(8-10-21)13-6-5-12(15(16,17)18)11-14(13)22(23)24/h5-6,11H,3-4,7-10H2,1-2H3. The van der Waals surface area contributed by atoms with E-state index in [-0.39, 0.29) is 31.9 Å². The van der Waals surface area contributed by atoms with E-state index in [1.54, 1.807) is 13.8 Å². The van der Waals surface area contributed by atoms with E-state index in [1.165, 1.54) is 13.5 Å². The number of nitro benzene ring substituents is 1. The third kappa shape index (κ3) is 4.50. The molecule has 0 bridgehead atoms. The highest BCUT2D eigenvalue weighted by Gasteiger charge is 2.35. The van der Waals surface area contributed by atoms with Crippen LogP contribution in [0.5, 0.6) is 0 Å². The minimum atomic E-state index is -4.68. The minimum absolute atomic E-state index is 0.0490. The molecule has 0 amide bonds. The first-order valence-corrected chi connectivity index (χ1v) is 9.77. The molecule has 1 aromatic rings. The predicted molar refractivity (Wildman–Crippen MR) is 93.7 cm³/mol. The number of benzene rings is 1. The first-order valence-electron chi connectivity index (χ1n) is 8.38. The van der Waals surface area contributed by atoms with E-state index in [1.807, 2.05) is 0 Å². The summed E-state index contributed by atoms with van der Waals surface area (Å²) >= 11 is 0. The van der Waals surface area contributed by atoms with Gasteiger partial charge in [0, 0.05) is 45.3 Å². The largest absolute Gasteiger partial charge is 0.416 e. The van der Waals surface area contributed by atoms with Crippen LogP contribution in [0.15, 0.2) is 18.2 Å². The molecule has 1 aliphatic rings. The highest BCUT2D eigenvalue weighted by atomic mass is 32.2. The maximum Gasteiger partial charge on any atom is 0.416 e. The second-order valence-corrected chi connectivity index (χ2v) is 7.86. The average molecular weight is 410 g/mol. The summed E-state index contributed by atoms with van der Waals surface area (Å²) in [5, 5.41) is 11.2. The van der Waals surface area contributed by atoms with Crippen molar-refractivity contribution >= 4 is 21.6 Å². The molecule has 0 aliphatic carbocycles. The van der Waals surface area contributed by atoms with Crippen molar-refractivity contribution < 1.29 is 26.5 Å². The van der Waals surface area contributed by atoms with Crippen LogP contribution in [0.1, 0.15) is 19.4 Å². The minimum Gasteiger partial charge on any atom is -0.363 e. The fourth-order valence-corrected chi connectivity index (χ4v) is 4.59. The molecule has 152 valence electrons. The molecule has 1 aliphatic heterocycles. The van der Waals surface area contributed by atoms with Gasteiger partial charge >= 0.3 is 6.18 Å². The summed E-state index contributed by atoms with van der Waals surface area (Å²) in [5.41, 5.74) is -1.70. The van der Waals surface area contributed by atoms with Crippen LogP contribution in [0.3, 0.4) is 0 Å². The average Bonchev–Trinajstić information content (AvgIpc) is 2.61. The maximum absolute atomic E-state index is 12.8. The molecule has 27 heavy (non-hydrogen) atoms. The Morgan fingerprint density at radius 3 is 2.15 bits per heavy atom. The molecule has 0 N–H and O–H groups in total. The molecule has 1 aromatic carbocycles. The van der Waals surface area contributed by atoms with Gasteiger partial charge in [0.25, 0.3) is 15.9 Å². The Bertz CT molecular complexity index is 789. The van der Waals surface area contributed by atoms with Gasteiger partial charge in [0.05, 0.1) is 10.5 Å². The van der Waals surface area contributed by atoms with Gasteiger partial charge in [0.2, 0.25) is 0 Å². The van der Waals surface area contributed by atoms with Crippen molar-refractivity contribution in [3.63, 3.8) is 0 Å². The molecule has 0 unspecified atom stereocenters. The van der Waals surface area contributed by atoms with Crippen molar-refractivity contribution in [2.75, 3.05) is 44.2 Å². The summed E-state index contributed by atoms with van der Waals surface area (Å²) in [4.78, 5) is 11.9. The Hall–Kier alpha value is -1.92. The normalized spacial score (nSPS) is 16.7. The highest BCUT2D eigenvalue weighted by molar-refractivity contribution is 7.86. The fourth-order valence-electron chi connectivity index (χ4n) is 2.99.